The average molecular weight is 208 g/mol. The van der Waals surface area contributed by atoms with Crippen molar-refractivity contribution in [3.63, 3.8) is 0 Å². The second kappa shape index (κ2) is 3.70. The van der Waals surface area contributed by atoms with Gasteiger partial charge in [-0.3, -0.25) is 4.79 Å². The Morgan fingerprint density at radius 2 is 2.33 bits per heavy atom. The molecule has 1 aliphatic heterocycles. The van der Waals surface area contributed by atoms with Gasteiger partial charge >= 0.3 is 0 Å². The molecule has 1 unspecified atom stereocenters. The lowest BCUT2D eigenvalue weighted by molar-refractivity contribution is 0.0757. The number of carbonyl (C=O) groups excluding carboxylic acids is 1. The monoisotopic (exact) mass is 208 g/mol. The van der Waals surface area contributed by atoms with Crippen molar-refractivity contribution in [3.8, 4) is 0 Å². The molecule has 0 spiro atoms. The van der Waals surface area contributed by atoms with Crippen molar-refractivity contribution in [1.82, 2.24) is 4.90 Å². The number of furan rings is 1. The summed E-state index contributed by atoms with van der Waals surface area (Å²) in [4.78, 5) is 13.8. The Bertz CT molecular complexity index is 384. The number of hydrogen-bond acceptors (Lipinski definition) is 3. The number of nitrogens with two attached hydrogens (primary N) is 1. The highest BCUT2D eigenvalue weighted by Crippen LogP contribution is 2.18. The van der Waals surface area contributed by atoms with Crippen LogP contribution in [0.25, 0.3) is 0 Å². The molecule has 1 aromatic rings. The average Bonchev–Trinajstić information content (AvgIpc) is 2.71. The van der Waals surface area contributed by atoms with Crippen LogP contribution < -0.4 is 5.73 Å². The molecule has 0 radical (unpaired) electrons. The fraction of sp³-hybridized carbons (Fsp3) is 0.545. The third kappa shape index (κ3) is 1.90. The van der Waals surface area contributed by atoms with E-state index in [-0.39, 0.29) is 11.9 Å². The Morgan fingerprint density at radius 3 is 2.80 bits per heavy atom. The minimum atomic E-state index is -0.0337. The van der Waals surface area contributed by atoms with E-state index in [1.54, 1.807) is 4.90 Å². The van der Waals surface area contributed by atoms with Crippen LogP contribution >= 0.6 is 0 Å². The molecule has 82 valence electrons. The smallest absolute Gasteiger partial charge is 0.289 e. The van der Waals surface area contributed by atoms with Gasteiger partial charge in [0, 0.05) is 24.7 Å². The van der Waals surface area contributed by atoms with Crippen LogP contribution in [-0.2, 0) is 0 Å². The first-order valence-electron chi connectivity index (χ1n) is 5.20. The van der Waals surface area contributed by atoms with Gasteiger partial charge < -0.3 is 15.1 Å². The first-order valence-corrected chi connectivity index (χ1v) is 5.20. The number of amides is 1. The lowest BCUT2D eigenvalue weighted by Crippen LogP contribution is -2.31. The Labute approximate surface area is 89.0 Å². The van der Waals surface area contributed by atoms with Crippen molar-refractivity contribution in [1.29, 1.82) is 0 Å². The summed E-state index contributed by atoms with van der Waals surface area (Å²) in [5.41, 5.74) is 6.66. The second-order valence-electron chi connectivity index (χ2n) is 4.17. The van der Waals surface area contributed by atoms with Crippen LogP contribution in [0.15, 0.2) is 10.5 Å². The zero-order valence-corrected chi connectivity index (χ0v) is 9.12. The number of likely N-dealkylation sites (tertiary alicyclic amines) is 1. The molecule has 1 fully saturated rings. The Kier molecular flexibility index (Phi) is 2.52. The van der Waals surface area contributed by atoms with E-state index >= 15 is 0 Å². The number of rotatable bonds is 1. The largest absolute Gasteiger partial charge is 0.456 e. The quantitative estimate of drug-likeness (QED) is 0.751. The number of nitrogens with zero attached hydrogens (tertiary/aromatic N) is 1. The van der Waals surface area contributed by atoms with Crippen molar-refractivity contribution in [2.75, 3.05) is 13.1 Å². The highest BCUT2D eigenvalue weighted by molar-refractivity contribution is 5.93. The van der Waals surface area contributed by atoms with E-state index in [2.05, 4.69) is 0 Å². The van der Waals surface area contributed by atoms with Crippen molar-refractivity contribution in [2.45, 2.75) is 26.3 Å². The molecule has 1 saturated heterocycles. The summed E-state index contributed by atoms with van der Waals surface area (Å²) in [6, 6.07) is 1.99. The normalized spacial score (nSPS) is 21.0. The third-order valence-electron chi connectivity index (χ3n) is 2.75. The van der Waals surface area contributed by atoms with E-state index in [9.17, 15) is 4.79 Å². The molecule has 1 atom stereocenters. The van der Waals surface area contributed by atoms with Gasteiger partial charge in [-0.05, 0) is 26.3 Å². The molecule has 1 amide bonds. The zero-order chi connectivity index (χ0) is 11.0. The highest BCUT2D eigenvalue weighted by Gasteiger charge is 2.27. The topological polar surface area (TPSA) is 59.5 Å². The van der Waals surface area contributed by atoms with Crippen LogP contribution in [0.4, 0.5) is 0 Å². The summed E-state index contributed by atoms with van der Waals surface area (Å²) in [6.45, 7) is 5.11. The predicted octanol–water partition coefficient (Wildman–Crippen LogP) is 1.07. The van der Waals surface area contributed by atoms with E-state index in [4.69, 9.17) is 10.2 Å². The van der Waals surface area contributed by atoms with Gasteiger partial charge in [0.15, 0.2) is 5.76 Å². The molecule has 0 aromatic carbocycles. The van der Waals surface area contributed by atoms with Crippen LogP contribution in [0.3, 0.4) is 0 Å². The first kappa shape index (κ1) is 10.2. The van der Waals surface area contributed by atoms with E-state index in [1.807, 2.05) is 19.9 Å². The molecule has 4 heteroatoms. The first-order chi connectivity index (χ1) is 7.08. The van der Waals surface area contributed by atoms with Crippen molar-refractivity contribution in [2.24, 2.45) is 5.73 Å². The Morgan fingerprint density at radius 1 is 1.60 bits per heavy atom. The molecule has 2 rings (SSSR count). The maximum absolute atomic E-state index is 12.0. The van der Waals surface area contributed by atoms with Crippen molar-refractivity contribution in [3.05, 3.63) is 23.2 Å². The van der Waals surface area contributed by atoms with Crippen molar-refractivity contribution < 1.29 is 9.21 Å². The van der Waals surface area contributed by atoms with Gasteiger partial charge in [-0.2, -0.15) is 0 Å². The standard InChI is InChI=1S/C11H16N2O2/c1-7-5-8(2)15-10(7)11(14)13-4-3-9(12)6-13/h5,9H,3-4,6,12H2,1-2H3. The highest BCUT2D eigenvalue weighted by atomic mass is 16.4. The fourth-order valence-electron chi connectivity index (χ4n) is 1.97. The number of hydrogen-bond donors (Lipinski definition) is 1. The number of aryl methyl sites for hydroxylation is 2. The molecular formula is C11H16N2O2. The summed E-state index contributed by atoms with van der Waals surface area (Å²) >= 11 is 0. The third-order valence-corrected chi connectivity index (χ3v) is 2.75. The predicted molar refractivity (Wildman–Crippen MR) is 56.7 cm³/mol. The lowest BCUT2D eigenvalue weighted by atomic mass is 10.2. The fourth-order valence-corrected chi connectivity index (χ4v) is 1.97. The molecule has 0 saturated carbocycles. The van der Waals surface area contributed by atoms with Gasteiger partial charge in [0.25, 0.3) is 5.91 Å². The van der Waals surface area contributed by atoms with Gasteiger partial charge in [0.05, 0.1) is 0 Å². The summed E-state index contributed by atoms with van der Waals surface area (Å²) in [6.07, 6.45) is 0.879. The molecule has 4 nitrogen and oxygen atoms in total. The van der Waals surface area contributed by atoms with E-state index in [0.717, 1.165) is 24.3 Å². The van der Waals surface area contributed by atoms with Crippen LogP contribution in [0.2, 0.25) is 0 Å². The summed E-state index contributed by atoms with van der Waals surface area (Å²) < 4.78 is 5.39. The zero-order valence-electron chi connectivity index (χ0n) is 9.12. The molecule has 0 aliphatic carbocycles. The van der Waals surface area contributed by atoms with Crippen LogP contribution in [0, 0.1) is 13.8 Å². The minimum absolute atomic E-state index is 0.0337. The van der Waals surface area contributed by atoms with E-state index in [0.29, 0.717) is 12.3 Å². The molecule has 2 N–H and O–H groups in total. The van der Waals surface area contributed by atoms with E-state index < -0.39 is 0 Å². The summed E-state index contributed by atoms with van der Waals surface area (Å²) in [7, 11) is 0. The van der Waals surface area contributed by atoms with Crippen LogP contribution in [0.1, 0.15) is 28.3 Å². The summed E-state index contributed by atoms with van der Waals surface area (Å²) in [5, 5.41) is 0. The number of carbonyl (C=O) groups is 1. The molecular weight excluding hydrogens is 192 g/mol. The van der Waals surface area contributed by atoms with Gasteiger partial charge in [-0.15, -0.1) is 0 Å². The maximum atomic E-state index is 12.0. The second-order valence-corrected chi connectivity index (χ2v) is 4.17. The van der Waals surface area contributed by atoms with Gasteiger partial charge in [0.2, 0.25) is 0 Å². The van der Waals surface area contributed by atoms with Crippen molar-refractivity contribution >= 4 is 5.91 Å². The van der Waals surface area contributed by atoms with Gasteiger partial charge in [-0.1, -0.05) is 0 Å². The molecule has 1 aromatic heterocycles. The Balaban J connectivity index is 2.17. The van der Waals surface area contributed by atoms with Gasteiger partial charge in [-0.25, -0.2) is 0 Å². The van der Waals surface area contributed by atoms with Crippen LogP contribution in [0.5, 0.6) is 0 Å². The Hall–Kier alpha value is -1.29. The van der Waals surface area contributed by atoms with Gasteiger partial charge in [0.1, 0.15) is 5.76 Å². The lowest BCUT2D eigenvalue weighted by Gasteiger charge is -2.14. The maximum Gasteiger partial charge on any atom is 0.289 e. The minimum Gasteiger partial charge on any atom is -0.456 e. The van der Waals surface area contributed by atoms with E-state index in [1.165, 1.54) is 0 Å². The van der Waals surface area contributed by atoms with Crippen LogP contribution in [-0.4, -0.2) is 29.9 Å². The molecule has 1 aliphatic rings. The molecule has 0 bridgehead atoms. The summed E-state index contributed by atoms with van der Waals surface area (Å²) in [5.74, 6) is 1.20. The SMILES string of the molecule is Cc1cc(C)c(C(=O)N2CCC(N)C2)o1. The molecule has 2 heterocycles. The molecule has 15 heavy (non-hydrogen) atoms.